The summed E-state index contributed by atoms with van der Waals surface area (Å²) in [6.07, 6.45) is 2.52. The molecule has 0 radical (unpaired) electrons. The van der Waals surface area contributed by atoms with Gasteiger partial charge in [0.2, 0.25) is 0 Å². The van der Waals surface area contributed by atoms with E-state index in [1.165, 1.54) is 12.8 Å². The third kappa shape index (κ3) is 3.02. The Morgan fingerprint density at radius 1 is 1.44 bits per heavy atom. The standard InChI is InChI=1S/C13H18N2O2S/c1-7(2)11-14-8(3)10(13(16)17)12(15-11)18-6-9-4-5-9/h7,9H,4-6H2,1-3H3,(H,16,17). The number of thioether (sulfide) groups is 1. The molecule has 0 atom stereocenters. The number of hydrogen-bond acceptors (Lipinski definition) is 4. The average molecular weight is 266 g/mol. The van der Waals surface area contributed by atoms with Gasteiger partial charge in [0, 0.05) is 11.7 Å². The lowest BCUT2D eigenvalue weighted by Gasteiger charge is -2.11. The van der Waals surface area contributed by atoms with Crippen LogP contribution in [0.5, 0.6) is 0 Å². The number of nitrogens with zero attached hydrogens (tertiary/aromatic N) is 2. The van der Waals surface area contributed by atoms with E-state index in [4.69, 9.17) is 0 Å². The van der Waals surface area contributed by atoms with Crippen molar-refractivity contribution in [2.75, 3.05) is 5.75 Å². The van der Waals surface area contributed by atoms with Crippen molar-refractivity contribution in [3.63, 3.8) is 0 Å². The Hall–Kier alpha value is -1.10. The summed E-state index contributed by atoms with van der Waals surface area (Å²) in [7, 11) is 0. The Labute approximate surface area is 111 Å². The van der Waals surface area contributed by atoms with E-state index in [9.17, 15) is 9.90 Å². The topological polar surface area (TPSA) is 63.1 Å². The fourth-order valence-corrected chi connectivity index (χ4v) is 2.92. The van der Waals surface area contributed by atoms with E-state index in [-0.39, 0.29) is 11.5 Å². The molecular formula is C13H18N2O2S. The fourth-order valence-electron chi connectivity index (χ4n) is 1.66. The minimum Gasteiger partial charge on any atom is -0.478 e. The Kier molecular flexibility index (Phi) is 3.90. The molecule has 98 valence electrons. The fraction of sp³-hybridized carbons (Fsp3) is 0.615. The lowest BCUT2D eigenvalue weighted by Crippen LogP contribution is -2.10. The molecule has 1 aromatic rings. The maximum atomic E-state index is 11.3. The van der Waals surface area contributed by atoms with Crippen LogP contribution in [-0.4, -0.2) is 26.8 Å². The van der Waals surface area contributed by atoms with Crippen LogP contribution in [0, 0.1) is 12.8 Å². The SMILES string of the molecule is Cc1nc(C(C)C)nc(SCC2CC2)c1C(=O)O. The molecule has 0 saturated heterocycles. The number of carboxylic acid groups (broad SMARTS) is 1. The molecule has 2 rings (SSSR count). The summed E-state index contributed by atoms with van der Waals surface area (Å²) < 4.78 is 0. The zero-order chi connectivity index (χ0) is 13.3. The second-order valence-electron chi connectivity index (χ2n) is 5.06. The van der Waals surface area contributed by atoms with Crippen molar-refractivity contribution < 1.29 is 9.90 Å². The summed E-state index contributed by atoms with van der Waals surface area (Å²) in [5, 5.41) is 9.89. The van der Waals surface area contributed by atoms with E-state index in [0.717, 1.165) is 17.5 Å². The number of carboxylic acids is 1. The van der Waals surface area contributed by atoms with Crippen molar-refractivity contribution in [2.45, 2.75) is 44.6 Å². The van der Waals surface area contributed by atoms with Crippen molar-refractivity contribution in [1.82, 2.24) is 9.97 Å². The van der Waals surface area contributed by atoms with Gasteiger partial charge in [-0.2, -0.15) is 0 Å². The second kappa shape index (κ2) is 5.26. The van der Waals surface area contributed by atoms with Gasteiger partial charge in [-0.05, 0) is 25.7 Å². The molecule has 4 nitrogen and oxygen atoms in total. The van der Waals surface area contributed by atoms with E-state index in [0.29, 0.717) is 10.7 Å². The van der Waals surface area contributed by atoms with E-state index >= 15 is 0 Å². The summed E-state index contributed by atoms with van der Waals surface area (Å²) in [5.41, 5.74) is 0.838. The molecular weight excluding hydrogens is 248 g/mol. The van der Waals surface area contributed by atoms with Gasteiger partial charge in [0.25, 0.3) is 0 Å². The van der Waals surface area contributed by atoms with E-state index < -0.39 is 5.97 Å². The van der Waals surface area contributed by atoms with Gasteiger partial charge >= 0.3 is 5.97 Å². The first-order valence-corrected chi connectivity index (χ1v) is 7.22. The lowest BCUT2D eigenvalue weighted by atomic mass is 10.2. The monoisotopic (exact) mass is 266 g/mol. The summed E-state index contributed by atoms with van der Waals surface area (Å²) in [4.78, 5) is 20.0. The molecule has 1 aliphatic carbocycles. The molecule has 5 heteroatoms. The van der Waals surface area contributed by atoms with E-state index in [2.05, 4.69) is 9.97 Å². The lowest BCUT2D eigenvalue weighted by molar-refractivity contribution is 0.0690. The quantitative estimate of drug-likeness (QED) is 0.655. The molecule has 0 aliphatic heterocycles. The molecule has 0 spiro atoms. The number of aryl methyl sites for hydroxylation is 1. The first-order valence-electron chi connectivity index (χ1n) is 6.23. The van der Waals surface area contributed by atoms with Gasteiger partial charge in [0.1, 0.15) is 16.4 Å². The smallest absolute Gasteiger partial charge is 0.340 e. The van der Waals surface area contributed by atoms with Crippen molar-refractivity contribution >= 4 is 17.7 Å². The van der Waals surface area contributed by atoms with Gasteiger partial charge in [0.05, 0.1) is 5.69 Å². The first kappa shape index (κ1) is 13.3. The zero-order valence-electron chi connectivity index (χ0n) is 10.9. The highest BCUT2D eigenvalue weighted by molar-refractivity contribution is 7.99. The number of rotatable bonds is 5. The van der Waals surface area contributed by atoms with Gasteiger partial charge in [-0.15, -0.1) is 11.8 Å². The van der Waals surface area contributed by atoms with Gasteiger partial charge in [0.15, 0.2) is 0 Å². The van der Waals surface area contributed by atoms with Crippen LogP contribution in [0.1, 0.15) is 54.5 Å². The van der Waals surface area contributed by atoms with E-state index in [1.807, 2.05) is 13.8 Å². The molecule has 0 bridgehead atoms. The van der Waals surface area contributed by atoms with Crippen LogP contribution in [0.4, 0.5) is 0 Å². The van der Waals surface area contributed by atoms with Crippen LogP contribution in [0.15, 0.2) is 5.03 Å². The maximum absolute atomic E-state index is 11.3. The minimum atomic E-state index is -0.930. The molecule has 1 aromatic heterocycles. The van der Waals surface area contributed by atoms with Gasteiger partial charge in [-0.3, -0.25) is 0 Å². The average Bonchev–Trinajstić information content (AvgIpc) is 3.08. The summed E-state index contributed by atoms with van der Waals surface area (Å²) in [6.45, 7) is 5.79. The Morgan fingerprint density at radius 3 is 2.61 bits per heavy atom. The van der Waals surface area contributed by atoms with Crippen molar-refractivity contribution in [3.8, 4) is 0 Å². The largest absolute Gasteiger partial charge is 0.478 e. The molecule has 1 saturated carbocycles. The van der Waals surface area contributed by atoms with E-state index in [1.54, 1.807) is 18.7 Å². The number of carbonyl (C=O) groups is 1. The first-order chi connectivity index (χ1) is 8.49. The third-order valence-corrected chi connectivity index (χ3v) is 4.16. The highest BCUT2D eigenvalue weighted by Crippen LogP contribution is 2.36. The highest BCUT2D eigenvalue weighted by Gasteiger charge is 2.24. The number of aromatic carboxylic acids is 1. The molecule has 0 unspecified atom stereocenters. The Balaban J connectivity index is 2.33. The Bertz CT molecular complexity index is 470. The predicted molar refractivity (Wildman–Crippen MR) is 71.3 cm³/mol. The van der Waals surface area contributed by atoms with Crippen LogP contribution in [0.25, 0.3) is 0 Å². The van der Waals surface area contributed by atoms with Crippen molar-refractivity contribution in [2.24, 2.45) is 5.92 Å². The molecule has 1 aliphatic rings. The molecule has 1 heterocycles. The third-order valence-electron chi connectivity index (χ3n) is 2.96. The zero-order valence-corrected chi connectivity index (χ0v) is 11.8. The molecule has 0 aromatic carbocycles. The van der Waals surface area contributed by atoms with Gasteiger partial charge in [-0.25, -0.2) is 14.8 Å². The van der Waals surface area contributed by atoms with Gasteiger partial charge in [-0.1, -0.05) is 13.8 Å². The van der Waals surface area contributed by atoms with Crippen molar-refractivity contribution in [1.29, 1.82) is 0 Å². The van der Waals surface area contributed by atoms with Crippen LogP contribution >= 0.6 is 11.8 Å². The van der Waals surface area contributed by atoms with Crippen molar-refractivity contribution in [3.05, 3.63) is 17.1 Å². The molecule has 1 fully saturated rings. The van der Waals surface area contributed by atoms with Gasteiger partial charge < -0.3 is 5.11 Å². The Morgan fingerprint density at radius 2 is 2.11 bits per heavy atom. The van der Waals surface area contributed by atoms with Crippen LogP contribution in [-0.2, 0) is 0 Å². The number of hydrogen-bond donors (Lipinski definition) is 1. The summed E-state index contributed by atoms with van der Waals surface area (Å²) in [6, 6.07) is 0. The predicted octanol–water partition coefficient (Wildman–Crippen LogP) is 3.11. The maximum Gasteiger partial charge on any atom is 0.340 e. The summed E-state index contributed by atoms with van der Waals surface area (Å²) in [5.74, 6) is 1.73. The normalized spacial score (nSPS) is 15.1. The number of aromatic nitrogens is 2. The molecule has 18 heavy (non-hydrogen) atoms. The summed E-state index contributed by atoms with van der Waals surface area (Å²) >= 11 is 1.56. The highest BCUT2D eigenvalue weighted by atomic mass is 32.2. The second-order valence-corrected chi connectivity index (χ2v) is 6.07. The molecule has 0 amide bonds. The van der Waals surface area contributed by atoms with Crippen LogP contribution < -0.4 is 0 Å². The minimum absolute atomic E-state index is 0.215. The van der Waals surface area contributed by atoms with Crippen LogP contribution in [0.2, 0.25) is 0 Å². The molecule has 1 N–H and O–H groups in total. The van der Waals surface area contributed by atoms with Crippen LogP contribution in [0.3, 0.4) is 0 Å².